The Morgan fingerprint density at radius 2 is 1.68 bits per heavy atom. The molecule has 2 heterocycles. The lowest BCUT2D eigenvalue weighted by molar-refractivity contribution is -0.137. The van der Waals surface area contributed by atoms with Gasteiger partial charge in [-0.3, -0.25) is 4.79 Å². The Morgan fingerprint density at radius 3 is 2.42 bits per heavy atom. The highest BCUT2D eigenvalue weighted by Gasteiger charge is 2.30. The van der Waals surface area contributed by atoms with Crippen LogP contribution in [0.25, 0.3) is 0 Å². The summed E-state index contributed by atoms with van der Waals surface area (Å²) in [5.74, 6) is -0.529. The molecule has 1 aliphatic heterocycles. The van der Waals surface area contributed by atoms with Gasteiger partial charge in [-0.1, -0.05) is 42.5 Å². The van der Waals surface area contributed by atoms with Gasteiger partial charge in [0.15, 0.2) is 0 Å². The van der Waals surface area contributed by atoms with E-state index < -0.39 is 17.6 Å². The van der Waals surface area contributed by atoms with Crippen LogP contribution in [0.3, 0.4) is 0 Å². The van der Waals surface area contributed by atoms with Gasteiger partial charge in [-0.15, -0.1) is 0 Å². The SMILES string of the molecule is O=C(NCc1ccc(C(F)(F)F)cc1)c1cnc(N2CCc3ccccc32)nc1OCc1ccc(F)cc1. The van der Waals surface area contributed by atoms with E-state index in [0.29, 0.717) is 23.6 Å². The number of carbonyl (C=O) groups excluding carboxylic acids is 1. The molecule has 0 radical (unpaired) electrons. The number of para-hydroxylation sites is 1. The summed E-state index contributed by atoms with van der Waals surface area (Å²) < 4.78 is 57.7. The van der Waals surface area contributed by atoms with Gasteiger partial charge in [0, 0.05) is 25.0 Å². The highest BCUT2D eigenvalue weighted by molar-refractivity contribution is 5.96. The molecule has 0 spiro atoms. The largest absolute Gasteiger partial charge is 0.472 e. The van der Waals surface area contributed by atoms with Crippen molar-refractivity contribution < 1.29 is 27.1 Å². The van der Waals surface area contributed by atoms with Crippen molar-refractivity contribution in [1.82, 2.24) is 15.3 Å². The zero-order valence-electron chi connectivity index (χ0n) is 20.0. The number of benzene rings is 3. The number of aromatic nitrogens is 2. The Labute approximate surface area is 215 Å². The Morgan fingerprint density at radius 1 is 0.974 bits per heavy atom. The van der Waals surface area contributed by atoms with Crippen LogP contribution in [0.4, 0.5) is 29.2 Å². The summed E-state index contributed by atoms with van der Waals surface area (Å²) in [5, 5.41) is 2.68. The maximum absolute atomic E-state index is 13.3. The Balaban J connectivity index is 1.37. The second-order valence-corrected chi connectivity index (χ2v) is 8.71. The van der Waals surface area contributed by atoms with E-state index in [1.807, 2.05) is 29.2 Å². The smallest absolute Gasteiger partial charge is 0.416 e. The normalized spacial score (nSPS) is 12.8. The van der Waals surface area contributed by atoms with Crippen LogP contribution in [-0.2, 0) is 25.7 Å². The Bertz CT molecular complexity index is 1440. The molecule has 0 fully saturated rings. The Kier molecular flexibility index (Phi) is 6.95. The van der Waals surface area contributed by atoms with Crippen LogP contribution in [0.1, 0.15) is 32.6 Å². The number of rotatable bonds is 7. The lowest BCUT2D eigenvalue weighted by Crippen LogP contribution is -2.25. The van der Waals surface area contributed by atoms with E-state index in [9.17, 15) is 22.4 Å². The van der Waals surface area contributed by atoms with Crippen molar-refractivity contribution in [2.24, 2.45) is 0 Å². The summed E-state index contributed by atoms with van der Waals surface area (Å²) in [6, 6.07) is 18.2. The molecule has 38 heavy (non-hydrogen) atoms. The number of nitrogens with one attached hydrogen (secondary N) is 1. The molecule has 194 valence electrons. The third-order valence-electron chi connectivity index (χ3n) is 6.14. The highest BCUT2D eigenvalue weighted by Crippen LogP contribution is 2.33. The van der Waals surface area contributed by atoms with Crippen LogP contribution < -0.4 is 15.0 Å². The predicted molar refractivity (Wildman–Crippen MR) is 133 cm³/mol. The van der Waals surface area contributed by atoms with E-state index in [1.54, 1.807) is 12.1 Å². The lowest BCUT2D eigenvalue weighted by atomic mass is 10.1. The molecule has 0 atom stereocenters. The van der Waals surface area contributed by atoms with E-state index in [0.717, 1.165) is 29.8 Å². The number of fused-ring (bicyclic) bond motifs is 1. The molecule has 1 N–H and O–H groups in total. The second-order valence-electron chi connectivity index (χ2n) is 8.71. The minimum Gasteiger partial charge on any atom is -0.472 e. The van der Waals surface area contributed by atoms with Gasteiger partial charge in [0.25, 0.3) is 5.91 Å². The molecule has 1 aromatic heterocycles. The molecule has 0 saturated heterocycles. The highest BCUT2D eigenvalue weighted by atomic mass is 19.4. The maximum atomic E-state index is 13.3. The van der Waals surface area contributed by atoms with Crippen molar-refractivity contribution in [3.8, 4) is 5.88 Å². The molecule has 5 rings (SSSR count). The van der Waals surface area contributed by atoms with Crippen molar-refractivity contribution in [3.63, 3.8) is 0 Å². The molecule has 6 nitrogen and oxygen atoms in total. The molecule has 1 aliphatic rings. The number of anilines is 2. The molecule has 0 bridgehead atoms. The van der Waals surface area contributed by atoms with Crippen LogP contribution in [0.2, 0.25) is 0 Å². The summed E-state index contributed by atoms with van der Waals surface area (Å²) in [4.78, 5) is 23.9. The number of ether oxygens (including phenoxy) is 1. The minimum absolute atomic E-state index is 0.00434. The van der Waals surface area contributed by atoms with Crippen molar-refractivity contribution in [2.75, 3.05) is 11.4 Å². The summed E-state index contributed by atoms with van der Waals surface area (Å²) in [6.45, 7) is 0.693. The number of nitrogens with zero attached hydrogens (tertiary/aromatic N) is 3. The number of hydrogen-bond acceptors (Lipinski definition) is 5. The zero-order valence-corrected chi connectivity index (χ0v) is 20.0. The third kappa shape index (κ3) is 5.59. The third-order valence-corrected chi connectivity index (χ3v) is 6.14. The van der Waals surface area contributed by atoms with E-state index >= 15 is 0 Å². The van der Waals surface area contributed by atoms with Gasteiger partial charge in [0.05, 0.1) is 5.56 Å². The van der Waals surface area contributed by atoms with Crippen LogP contribution in [0.5, 0.6) is 5.88 Å². The van der Waals surface area contributed by atoms with E-state index in [-0.39, 0.29) is 30.4 Å². The number of halogens is 4. The summed E-state index contributed by atoms with van der Waals surface area (Å²) >= 11 is 0. The van der Waals surface area contributed by atoms with Gasteiger partial charge in [0.1, 0.15) is 18.0 Å². The van der Waals surface area contributed by atoms with Crippen molar-refractivity contribution in [3.05, 3.63) is 113 Å². The van der Waals surface area contributed by atoms with Crippen LogP contribution in [0.15, 0.2) is 79.0 Å². The van der Waals surface area contributed by atoms with Gasteiger partial charge in [-0.25, -0.2) is 9.37 Å². The second kappa shape index (κ2) is 10.5. The summed E-state index contributed by atoms with van der Waals surface area (Å²) in [6.07, 6.45) is -2.25. The fraction of sp³-hybridized carbons (Fsp3) is 0.179. The standard InChI is InChI=1S/C28H22F4N4O2/c29-22-11-7-19(8-12-22)17-38-26-23(25(37)33-15-18-5-9-21(10-6-18)28(30,31)32)16-34-27(35-26)36-14-13-20-3-1-2-4-24(20)36/h1-12,16H,13-15,17H2,(H,33,37). The first kappa shape index (κ1) is 25.2. The minimum atomic E-state index is -4.44. The number of alkyl halides is 3. The molecule has 4 aromatic rings. The van der Waals surface area contributed by atoms with Crippen LogP contribution in [0, 0.1) is 5.82 Å². The van der Waals surface area contributed by atoms with Crippen molar-refractivity contribution in [2.45, 2.75) is 25.7 Å². The van der Waals surface area contributed by atoms with Crippen LogP contribution in [-0.4, -0.2) is 22.4 Å². The number of amides is 1. The predicted octanol–water partition coefficient (Wildman–Crippen LogP) is 5.84. The monoisotopic (exact) mass is 522 g/mol. The molecule has 0 saturated carbocycles. The average molecular weight is 523 g/mol. The van der Waals surface area contributed by atoms with Gasteiger partial charge in [0.2, 0.25) is 11.8 Å². The summed E-state index contributed by atoms with van der Waals surface area (Å²) in [5.41, 5.74) is 2.59. The molecular weight excluding hydrogens is 500 g/mol. The molecular formula is C28H22F4N4O2. The molecule has 0 aliphatic carbocycles. The number of hydrogen-bond donors (Lipinski definition) is 1. The van der Waals surface area contributed by atoms with Crippen LogP contribution >= 0.6 is 0 Å². The van der Waals surface area contributed by atoms with E-state index in [1.165, 1.54) is 30.5 Å². The van der Waals surface area contributed by atoms with Gasteiger partial charge in [-0.2, -0.15) is 18.2 Å². The van der Waals surface area contributed by atoms with E-state index in [4.69, 9.17) is 4.74 Å². The topological polar surface area (TPSA) is 67.4 Å². The lowest BCUT2D eigenvalue weighted by Gasteiger charge is -2.19. The van der Waals surface area contributed by atoms with Gasteiger partial charge in [-0.05, 0) is 53.4 Å². The molecule has 1 amide bonds. The maximum Gasteiger partial charge on any atom is 0.416 e. The fourth-order valence-electron chi connectivity index (χ4n) is 4.12. The fourth-order valence-corrected chi connectivity index (χ4v) is 4.12. The molecule has 10 heteroatoms. The summed E-state index contributed by atoms with van der Waals surface area (Å²) in [7, 11) is 0. The molecule has 0 unspecified atom stereocenters. The first-order chi connectivity index (χ1) is 18.3. The van der Waals surface area contributed by atoms with Crippen molar-refractivity contribution in [1.29, 1.82) is 0 Å². The quantitative estimate of drug-likeness (QED) is 0.309. The first-order valence-electron chi connectivity index (χ1n) is 11.8. The molecule has 3 aromatic carbocycles. The van der Waals surface area contributed by atoms with Gasteiger partial charge < -0.3 is 15.0 Å². The average Bonchev–Trinajstić information content (AvgIpc) is 3.35. The zero-order chi connectivity index (χ0) is 26.7. The first-order valence-corrected chi connectivity index (χ1v) is 11.8. The Hall–Kier alpha value is -4.47. The number of carbonyl (C=O) groups is 1. The van der Waals surface area contributed by atoms with Gasteiger partial charge >= 0.3 is 6.18 Å². The van der Waals surface area contributed by atoms with E-state index in [2.05, 4.69) is 15.3 Å². The van der Waals surface area contributed by atoms with Crippen molar-refractivity contribution >= 4 is 17.5 Å².